The predicted molar refractivity (Wildman–Crippen MR) is 59.4 cm³/mol. The maximum atomic E-state index is 12.8. The molecule has 0 fully saturated rings. The van der Waals surface area contributed by atoms with Crippen molar-refractivity contribution in [1.29, 1.82) is 0 Å². The van der Waals surface area contributed by atoms with E-state index in [1.165, 1.54) is 12.1 Å². The summed E-state index contributed by atoms with van der Waals surface area (Å²) < 4.78 is 12.8. The average Bonchev–Trinajstić information content (AvgIpc) is 2.61. The molecule has 1 aromatic carbocycles. The number of hydrogen-bond donors (Lipinski definition) is 1. The first-order chi connectivity index (χ1) is 7.22. The van der Waals surface area contributed by atoms with Crippen LogP contribution >= 0.6 is 0 Å². The Labute approximate surface area is 88.4 Å². The molecular weight excluding hydrogens is 193 g/mol. The van der Waals surface area contributed by atoms with Crippen LogP contribution in [-0.4, -0.2) is 18.5 Å². The van der Waals surface area contributed by atoms with Gasteiger partial charge in [0.25, 0.3) is 0 Å². The summed E-state index contributed by atoms with van der Waals surface area (Å²) in [5, 5.41) is 0. The molecule has 0 aliphatic carbocycles. The molecule has 80 valence electrons. The van der Waals surface area contributed by atoms with E-state index in [0.717, 1.165) is 18.7 Å². The molecule has 0 spiro atoms. The largest absolute Gasteiger partial charge is 0.370 e. The summed E-state index contributed by atoms with van der Waals surface area (Å²) in [6, 6.07) is 6.63. The second-order valence-corrected chi connectivity index (χ2v) is 3.61. The van der Waals surface area contributed by atoms with Gasteiger partial charge in [-0.1, -0.05) is 6.92 Å². The summed E-state index contributed by atoms with van der Waals surface area (Å²) in [6.45, 7) is 2.81. The zero-order chi connectivity index (χ0) is 10.8. The molecule has 0 bridgehead atoms. The molecule has 1 unspecified atom stereocenters. The number of guanidine groups is 1. The van der Waals surface area contributed by atoms with E-state index in [2.05, 4.69) is 11.9 Å². The first kappa shape index (κ1) is 9.96. The Kier molecular flexibility index (Phi) is 2.58. The lowest BCUT2D eigenvalue weighted by molar-refractivity contribution is 0.627. The van der Waals surface area contributed by atoms with Gasteiger partial charge in [-0.15, -0.1) is 0 Å². The monoisotopic (exact) mass is 207 g/mol. The minimum Gasteiger partial charge on any atom is -0.370 e. The van der Waals surface area contributed by atoms with Crippen molar-refractivity contribution in [1.82, 2.24) is 0 Å². The molecular formula is C11H14FN3. The minimum atomic E-state index is -0.235. The van der Waals surface area contributed by atoms with E-state index in [0.29, 0.717) is 12.0 Å². The number of rotatable bonds is 2. The average molecular weight is 207 g/mol. The smallest absolute Gasteiger partial charge is 0.196 e. The van der Waals surface area contributed by atoms with Gasteiger partial charge in [-0.05, 0) is 30.7 Å². The van der Waals surface area contributed by atoms with Crippen LogP contribution in [0.4, 0.5) is 10.1 Å². The van der Waals surface area contributed by atoms with Crippen LogP contribution in [0.1, 0.15) is 13.3 Å². The summed E-state index contributed by atoms with van der Waals surface area (Å²) in [4.78, 5) is 6.15. The molecule has 1 aromatic rings. The molecule has 4 heteroatoms. The van der Waals surface area contributed by atoms with Crippen molar-refractivity contribution < 1.29 is 4.39 Å². The normalized spacial score (nSPS) is 20.5. The molecule has 0 radical (unpaired) electrons. The molecule has 15 heavy (non-hydrogen) atoms. The van der Waals surface area contributed by atoms with Crippen LogP contribution in [0.15, 0.2) is 29.3 Å². The third-order valence-electron chi connectivity index (χ3n) is 2.65. The molecule has 1 aliphatic heterocycles. The van der Waals surface area contributed by atoms with E-state index < -0.39 is 0 Å². The van der Waals surface area contributed by atoms with Crippen LogP contribution in [0.25, 0.3) is 0 Å². The minimum absolute atomic E-state index is 0.235. The molecule has 0 aromatic heterocycles. The van der Waals surface area contributed by atoms with Gasteiger partial charge < -0.3 is 10.6 Å². The zero-order valence-electron chi connectivity index (χ0n) is 8.65. The van der Waals surface area contributed by atoms with Gasteiger partial charge in [-0.25, -0.2) is 4.39 Å². The summed E-state index contributed by atoms with van der Waals surface area (Å²) >= 11 is 0. The topological polar surface area (TPSA) is 41.6 Å². The molecule has 1 aliphatic rings. The van der Waals surface area contributed by atoms with E-state index >= 15 is 0 Å². The van der Waals surface area contributed by atoms with Gasteiger partial charge in [0.05, 0.1) is 12.6 Å². The van der Waals surface area contributed by atoms with Gasteiger partial charge in [-0.2, -0.15) is 0 Å². The van der Waals surface area contributed by atoms with Gasteiger partial charge in [0, 0.05) is 5.69 Å². The summed E-state index contributed by atoms with van der Waals surface area (Å²) in [5.41, 5.74) is 6.70. The highest BCUT2D eigenvalue weighted by Crippen LogP contribution is 2.22. The zero-order valence-corrected chi connectivity index (χ0v) is 8.65. The van der Waals surface area contributed by atoms with Crippen molar-refractivity contribution in [3.05, 3.63) is 30.1 Å². The molecule has 2 N–H and O–H groups in total. The fraction of sp³-hybridized carbons (Fsp3) is 0.364. The number of anilines is 1. The molecule has 1 heterocycles. The highest BCUT2D eigenvalue weighted by molar-refractivity contribution is 5.97. The Morgan fingerprint density at radius 3 is 2.73 bits per heavy atom. The van der Waals surface area contributed by atoms with Gasteiger partial charge in [0.2, 0.25) is 0 Å². The van der Waals surface area contributed by atoms with Crippen molar-refractivity contribution in [3.8, 4) is 0 Å². The predicted octanol–water partition coefficient (Wildman–Crippen LogP) is 1.74. The van der Waals surface area contributed by atoms with E-state index in [9.17, 15) is 4.39 Å². The van der Waals surface area contributed by atoms with Crippen LogP contribution in [0, 0.1) is 5.82 Å². The van der Waals surface area contributed by atoms with Gasteiger partial charge in [0.1, 0.15) is 5.82 Å². The van der Waals surface area contributed by atoms with Gasteiger partial charge in [-0.3, -0.25) is 4.99 Å². The number of halogens is 1. The third-order valence-corrected chi connectivity index (χ3v) is 2.65. The Morgan fingerprint density at radius 2 is 2.13 bits per heavy atom. The second-order valence-electron chi connectivity index (χ2n) is 3.61. The van der Waals surface area contributed by atoms with Crippen molar-refractivity contribution in [2.45, 2.75) is 19.4 Å². The molecule has 1 atom stereocenters. The first-order valence-electron chi connectivity index (χ1n) is 5.07. The summed E-state index contributed by atoms with van der Waals surface area (Å²) in [7, 11) is 0. The van der Waals surface area contributed by atoms with E-state index in [1.54, 1.807) is 12.1 Å². The molecule has 3 nitrogen and oxygen atoms in total. The molecule has 0 amide bonds. The highest BCUT2D eigenvalue weighted by atomic mass is 19.1. The van der Waals surface area contributed by atoms with Crippen LogP contribution in [0.2, 0.25) is 0 Å². The van der Waals surface area contributed by atoms with Crippen LogP contribution in [0.3, 0.4) is 0 Å². The number of aliphatic imine (C=N–C) groups is 1. The number of benzene rings is 1. The lowest BCUT2D eigenvalue weighted by Gasteiger charge is -2.25. The van der Waals surface area contributed by atoms with E-state index in [4.69, 9.17) is 5.73 Å². The van der Waals surface area contributed by atoms with Crippen LogP contribution < -0.4 is 10.6 Å². The lowest BCUT2D eigenvalue weighted by atomic mass is 10.2. The molecule has 0 saturated heterocycles. The first-order valence-corrected chi connectivity index (χ1v) is 5.07. The molecule has 2 rings (SSSR count). The van der Waals surface area contributed by atoms with Crippen molar-refractivity contribution in [2.24, 2.45) is 10.7 Å². The number of nitrogens with two attached hydrogens (primary N) is 1. The number of nitrogens with zero attached hydrogens (tertiary/aromatic N) is 2. The standard InChI is InChI=1S/C11H14FN3/c1-2-9-7-14-11(13)15(9)10-5-3-8(12)4-6-10/h3-6,9H,2,7H2,1H3,(H2,13,14). The fourth-order valence-corrected chi connectivity index (χ4v) is 1.80. The third kappa shape index (κ3) is 1.79. The van der Waals surface area contributed by atoms with Crippen molar-refractivity contribution >= 4 is 11.6 Å². The van der Waals surface area contributed by atoms with E-state index in [1.807, 2.05) is 4.90 Å². The van der Waals surface area contributed by atoms with Crippen LogP contribution in [0.5, 0.6) is 0 Å². The Hall–Kier alpha value is -1.58. The lowest BCUT2D eigenvalue weighted by Crippen LogP contribution is -2.40. The van der Waals surface area contributed by atoms with E-state index in [-0.39, 0.29) is 5.82 Å². The molecule has 0 saturated carbocycles. The second kappa shape index (κ2) is 3.88. The highest BCUT2D eigenvalue weighted by Gasteiger charge is 2.25. The summed E-state index contributed by atoms with van der Waals surface area (Å²) in [6.07, 6.45) is 0.974. The SMILES string of the molecule is CCC1CN=C(N)N1c1ccc(F)cc1. The maximum absolute atomic E-state index is 12.8. The Balaban J connectivity index is 2.28. The summed E-state index contributed by atoms with van der Waals surface area (Å²) in [5.74, 6) is 0.287. The van der Waals surface area contributed by atoms with Gasteiger partial charge in [0.15, 0.2) is 5.96 Å². The van der Waals surface area contributed by atoms with Crippen molar-refractivity contribution in [3.63, 3.8) is 0 Å². The quantitative estimate of drug-likeness (QED) is 0.802. The maximum Gasteiger partial charge on any atom is 0.196 e. The van der Waals surface area contributed by atoms with Gasteiger partial charge >= 0.3 is 0 Å². The Morgan fingerprint density at radius 1 is 1.47 bits per heavy atom. The number of hydrogen-bond acceptors (Lipinski definition) is 3. The Bertz CT molecular complexity index is 372. The fourth-order valence-electron chi connectivity index (χ4n) is 1.80. The van der Waals surface area contributed by atoms with Crippen molar-refractivity contribution in [2.75, 3.05) is 11.4 Å². The van der Waals surface area contributed by atoms with Crippen LogP contribution in [-0.2, 0) is 0 Å².